The fourth-order valence-electron chi connectivity index (χ4n) is 2.97. The van der Waals surface area contributed by atoms with Crippen LogP contribution in [0.3, 0.4) is 0 Å². The zero-order valence-corrected chi connectivity index (χ0v) is 15.1. The van der Waals surface area contributed by atoms with Gasteiger partial charge in [-0.1, -0.05) is 25.4 Å². The van der Waals surface area contributed by atoms with Crippen LogP contribution in [0.15, 0.2) is 12.1 Å². The van der Waals surface area contributed by atoms with Crippen LogP contribution in [0, 0.1) is 0 Å². The molecule has 0 radical (unpaired) electrons. The minimum atomic E-state index is -0.486. The lowest BCUT2D eigenvalue weighted by atomic mass is 9.97. The average molecular weight is 352 g/mol. The number of nitrogens with zero attached hydrogens (tertiary/aromatic N) is 2. The minimum Gasteiger partial charge on any atom is -0.361 e. The van der Waals surface area contributed by atoms with Crippen LogP contribution in [-0.4, -0.2) is 38.4 Å². The lowest BCUT2D eigenvalue weighted by Gasteiger charge is -2.35. The molecule has 2 rings (SSSR count). The van der Waals surface area contributed by atoms with Crippen molar-refractivity contribution in [1.82, 2.24) is 5.32 Å². The van der Waals surface area contributed by atoms with Gasteiger partial charge in [-0.05, 0) is 30.0 Å². The Morgan fingerprint density at radius 3 is 2.50 bits per heavy atom. The molecule has 0 bridgehead atoms. The summed E-state index contributed by atoms with van der Waals surface area (Å²) in [5.74, 6) is -0.446. The molecule has 1 unspecified atom stereocenters. The number of nitrogens with one attached hydrogen (secondary N) is 1. The Morgan fingerprint density at radius 2 is 1.96 bits per heavy atom. The molecule has 1 aromatic carbocycles. The van der Waals surface area contributed by atoms with Crippen molar-refractivity contribution in [2.24, 2.45) is 0 Å². The van der Waals surface area contributed by atoms with E-state index in [1.165, 1.54) is 4.90 Å². The number of imide groups is 1. The molecular weight excluding hydrogens is 330 g/mol. The van der Waals surface area contributed by atoms with Gasteiger partial charge in [-0.15, -0.1) is 0 Å². The third-order valence-electron chi connectivity index (χ3n) is 4.27. The first-order chi connectivity index (χ1) is 11.3. The number of hydrogen-bond donors (Lipinski definition) is 1. The number of amides is 3. The highest BCUT2D eigenvalue weighted by atomic mass is 35.5. The lowest BCUT2D eigenvalue weighted by molar-refractivity contribution is -0.134. The Morgan fingerprint density at radius 1 is 1.29 bits per heavy atom. The molecule has 0 spiro atoms. The molecule has 130 valence electrons. The highest BCUT2D eigenvalue weighted by molar-refractivity contribution is 6.31. The van der Waals surface area contributed by atoms with Gasteiger partial charge >= 0.3 is 0 Å². The number of carbonyl (C=O) groups excluding carboxylic acids is 3. The minimum absolute atomic E-state index is 0.148. The van der Waals surface area contributed by atoms with Crippen LogP contribution in [0.1, 0.15) is 38.2 Å². The predicted octanol–water partition coefficient (Wildman–Crippen LogP) is 2.30. The first kappa shape index (κ1) is 18.3. The summed E-state index contributed by atoms with van der Waals surface area (Å²) in [6, 6.07) is 3.09. The normalized spacial score (nSPS) is 17.7. The zero-order chi connectivity index (χ0) is 18.0. The van der Waals surface area contributed by atoms with Crippen LogP contribution in [0.5, 0.6) is 0 Å². The second kappa shape index (κ2) is 7.21. The SMILES string of the molecule is CC(C)c1cc(Cl)cc(N(C)C2CCC(=O)NC2=O)c1N(C)C=O. The van der Waals surface area contributed by atoms with Crippen molar-refractivity contribution in [2.75, 3.05) is 23.9 Å². The Balaban J connectivity index is 2.53. The van der Waals surface area contributed by atoms with Crippen molar-refractivity contribution in [2.45, 2.75) is 38.6 Å². The molecule has 0 aromatic heterocycles. The van der Waals surface area contributed by atoms with Crippen molar-refractivity contribution in [1.29, 1.82) is 0 Å². The van der Waals surface area contributed by atoms with Gasteiger partial charge in [-0.3, -0.25) is 19.7 Å². The third-order valence-corrected chi connectivity index (χ3v) is 4.49. The molecule has 1 aromatic rings. The number of anilines is 2. The van der Waals surface area contributed by atoms with Crippen LogP contribution in [-0.2, 0) is 14.4 Å². The largest absolute Gasteiger partial charge is 0.361 e. The Hall–Kier alpha value is -2.08. The van der Waals surface area contributed by atoms with E-state index in [0.29, 0.717) is 17.1 Å². The summed E-state index contributed by atoms with van der Waals surface area (Å²) in [5, 5.41) is 2.90. The summed E-state index contributed by atoms with van der Waals surface area (Å²) in [6.45, 7) is 4.03. The fourth-order valence-corrected chi connectivity index (χ4v) is 3.19. The van der Waals surface area contributed by atoms with E-state index in [0.717, 1.165) is 17.7 Å². The van der Waals surface area contributed by atoms with Gasteiger partial charge in [0.2, 0.25) is 18.2 Å². The van der Waals surface area contributed by atoms with E-state index in [1.54, 1.807) is 25.1 Å². The summed E-state index contributed by atoms with van der Waals surface area (Å²) in [4.78, 5) is 38.2. The quantitative estimate of drug-likeness (QED) is 0.652. The van der Waals surface area contributed by atoms with Gasteiger partial charge < -0.3 is 9.80 Å². The molecule has 1 aliphatic rings. The molecule has 7 heteroatoms. The number of rotatable bonds is 5. The van der Waals surface area contributed by atoms with E-state index < -0.39 is 6.04 Å². The molecule has 1 atom stereocenters. The molecule has 1 saturated heterocycles. The number of piperidine rings is 1. The first-order valence-electron chi connectivity index (χ1n) is 7.84. The predicted molar refractivity (Wildman–Crippen MR) is 94.6 cm³/mol. The maximum Gasteiger partial charge on any atom is 0.249 e. The van der Waals surface area contributed by atoms with Gasteiger partial charge in [-0.2, -0.15) is 0 Å². The second-order valence-corrected chi connectivity index (χ2v) is 6.75. The number of carbonyl (C=O) groups is 3. The second-order valence-electron chi connectivity index (χ2n) is 6.31. The van der Waals surface area contributed by atoms with Crippen LogP contribution in [0.4, 0.5) is 11.4 Å². The smallest absolute Gasteiger partial charge is 0.249 e. The molecule has 24 heavy (non-hydrogen) atoms. The Labute approximate surface area is 146 Å². The summed E-state index contributed by atoms with van der Waals surface area (Å²) in [5.41, 5.74) is 2.33. The van der Waals surface area contributed by atoms with Crippen molar-refractivity contribution in [3.05, 3.63) is 22.7 Å². The Kier molecular flexibility index (Phi) is 5.49. The summed E-state index contributed by atoms with van der Waals surface area (Å²) < 4.78 is 0. The van der Waals surface area contributed by atoms with Gasteiger partial charge in [0.05, 0.1) is 11.4 Å². The van der Waals surface area contributed by atoms with Gasteiger partial charge in [0, 0.05) is 25.5 Å². The number of hydrogen-bond acceptors (Lipinski definition) is 4. The van der Waals surface area contributed by atoms with Crippen molar-refractivity contribution in [3.8, 4) is 0 Å². The van der Waals surface area contributed by atoms with Gasteiger partial charge in [-0.25, -0.2) is 0 Å². The van der Waals surface area contributed by atoms with Crippen molar-refractivity contribution >= 4 is 41.2 Å². The highest BCUT2D eigenvalue weighted by Gasteiger charge is 2.32. The molecule has 1 N–H and O–H groups in total. The zero-order valence-electron chi connectivity index (χ0n) is 14.3. The topological polar surface area (TPSA) is 69.7 Å². The monoisotopic (exact) mass is 351 g/mol. The van der Waals surface area contributed by atoms with E-state index >= 15 is 0 Å². The number of likely N-dealkylation sites (N-methyl/N-ethyl adjacent to an activating group) is 1. The molecule has 0 aliphatic carbocycles. The molecule has 6 nitrogen and oxygen atoms in total. The van der Waals surface area contributed by atoms with Crippen LogP contribution >= 0.6 is 11.6 Å². The molecule has 1 aliphatic heterocycles. The third kappa shape index (κ3) is 3.53. The number of halogens is 1. The summed E-state index contributed by atoms with van der Waals surface area (Å²) in [6.07, 6.45) is 1.45. The molecule has 1 heterocycles. The lowest BCUT2D eigenvalue weighted by Crippen LogP contribution is -2.51. The average Bonchev–Trinajstić information content (AvgIpc) is 2.52. The fraction of sp³-hybridized carbons (Fsp3) is 0.471. The van der Waals surface area contributed by atoms with Gasteiger partial charge in [0.15, 0.2) is 0 Å². The number of benzene rings is 1. The van der Waals surface area contributed by atoms with E-state index in [1.807, 2.05) is 19.9 Å². The van der Waals surface area contributed by atoms with Gasteiger partial charge in [0.25, 0.3) is 0 Å². The van der Waals surface area contributed by atoms with Crippen molar-refractivity contribution < 1.29 is 14.4 Å². The molecule has 3 amide bonds. The summed E-state index contributed by atoms with van der Waals surface area (Å²) >= 11 is 6.27. The standard InChI is InChI=1S/C17H22ClN3O3/c1-10(2)12-7-11(18)8-14(16(12)20(3)9-22)21(4)13-5-6-15(23)19-17(13)24/h7-10,13H,5-6H2,1-4H3,(H,19,23,24). The van der Waals surface area contributed by atoms with Crippen LogP contribution in [0.2, 0.25) is 5.02 Å². The first-order valence-corrected chi connectivity index (χ1v) is 8.22. The Bertz CT molecular complexity index is 675. The molecular formula is C17H22ClN3O3. The molecule has 1 fully saturated rings. The van der Waals surface area contributed by atoms with E-state index in [2.05, 4.69) is 5.32 Å². The maximum absolute atomic E-state index is 12.2. The van der Waals surface area contributed by atoms with E-state index in [4.69, 9.17) is 11.6 Å². The van der Waals surface area contributed by atoms with Crippen molar-refractivity contribution in [3.63, 3.8) is 0 Å². The summed E-state index contributed by atoms with van der Waals surface area (Å²) in [7, 11) is 3.45. The van der Waals surface area contributed by atoms with Crippen LogP contribution in [0.25, 0.3) is 0 Å². The van der Waals surface area contributed by atoms with Gasteiger partial charge in [0.1, 0.15) is 6.04 Å². The highest BCUT2D eigenvalue weighted by Crippen LogP contribution is 2.39. The molecule has 0 saturated carbocycles. The maximum atomic E-state index is 12.2. The van der Waals surface area contributed by atoms with E-state index in [-0.39, 0.29) is 24.2 Å². The van der Waals surface area contributed by atoms with Crippen LogP contribution < -0.4 is 15.1 Å². The van der Waals surface area contributed by atoms with E-state index in [9.17, 15) is 14.4 Å².